The van der Waals surface area contributed by atoms with Crippen LogP contribution in [-0.2, 0) is 0 Å². The third-order valence-corrected chi connectivity index (χ3v) is 2.66. The Morgan fingerprint density at radius 2 is 2.29 bits per heavy atom. The second-order valence-corrected chi connectivity index (χ2v) is 4.32. The highest BCUT2D eigenvalue weighted by atomic mass is 79.9. The molecule has 0 saturated carbocycles. The molecule has 5 heteroatoms. The second-order valence-electron chi connectivity index (χ2n) is 3.47. The smallest absolute Gasteiger partial charge is 0.251 e. The van der Waals surface area contributed by atoms with Crippen molar-refractivity contribution in [3.8, 4) is 0 Å². The number of H-pyrrole nitrogens is 1. The van der Waals surface area contributed by atoms with Gasteiger partial charge in [0.05, 0.1) is 16.4 Å². The largest absolute Gasteiger partial charge is 0.306 e. The van der Waals surface area contributed by atoms with Crippen LogP contribution >= 0.6 is 15.9 Å². The molecule has 0 spiro atoms. The van der Waals surface area contributed by atoms with E-state index in [1.165, 1.54) is 0 Å². The van der Waals surface area contributed by atoms with Crippen molar-refractivity contribution in [1.82, 2.24) is 14.6 Å². The van der Waals surface area contributed by atoms with Crippen LogP contribution < -0.4 is 5.56 Å². The van der Waals surface area contributed by atoms with Gasteiger partial charge in [0, 0.05) is 6.07 Å². The lowest BCUT2D eigenvalue weighted by Crippen LogP contribution is -2.12. The first kappa shape index (κ1) is 9.45. The molecule has 0 aliphatic carbocycles. The van der Waals surface area contributed by atoms with Gasteiger partial charge in [-0.3, -0.25) is 4.79 Å². The zero-order valence-electron chi connectivity index (χ0n) is 7.91. The Morgan fingerprint density at radius 1 is 1.57 bits per heavy atom. The molecule has 0 unspecified atom stereocenters. The van der Waals surface area contributed by atoms with E-state index in [9.17, 15) is 4.79 Å². The minimum absolute atomic E-state index is 0.0950. The van der Waals surface area contributed by atoms with Crippen LogP contribution in [0.15, 0.2) is 21.5 Å². The SMILES string of the molecule is CC(C)c1cc(=O)[nH]c2c(Br)cnn12. The summed E-state index contributed by atoms with van der Waals surface area (Å²) in [5, 5.41) is 4.18. The van der Waals surface area contributed by atoms with Crippen LogP contribution in [0.5, 0.6) is 0 Å². The molecule has 2 heterocycles. The van der Waals surface area contributed by atoms with Gasteiger partial charge in [0.25, 0.3) is 5.56 Å². The monoisotopic (exact) mass is 255 g/mol. The van der Waals surface area contributed by atoms with Gasteiger partial charge >= 0.3 is 0 Å². The number of nitrogens with zero attached hydrogens (tertiary/aromatic N) is 2. The van der Waals surface area contributed by atoms with E-state index in [-0.39, 0.29) is 11.5 Å². The Kier molecular flexibility index (Phi) is 2.19. The van der Waals surface area contributed by atoms with E-state index in [0.717, 1.165) is 10.2 Å². The first-order chi connectivity index (χ1) is 6.59. The normalized spacial score (nSPS) is 11.4. The molecule has 0 aliphatic heterocycles. The van der Waals surface area contributed by atoms with E-state index < -0.39 is 0 Å². The van der Waals surface area contributed by atoms with Crippen molar-refractivity contribution in [2.24, 2.45) is 0 Å². The van der Waals surface area contributed by atoms with Crippen molar-refractivity contribution in [2.45, 2.75) is 19.8 Å². The Balaban J connectivity index is 2.89. The molecule has 0 fully saturated rings. The third-order valence-electron chi connectivity index (χ3n) is 2.08. The second kappa shape index (κ2) is 3.24. The maximum Gasteiger partial charge on any atom is 0.251 e. The lowest BCUT2D eigenvalue weighted by Gasteiger charge is -2.06. The van der Waals surface area contributed by atoms with Gasteiger partial charge < -0.3 is 4.98 Å². The van der Waals surface area contributed by atoms with Crippen molar-refractivity contribution in [1.29, 1.82) is 0 Å². The number of hydrogen-bond acceptors (Lipinski definition) is 2. The van der Waals surface area contributed by atoms with Crippen molar-refractivity contribution >= 4 is 21.6 Å². The van der Waals surface area contributed by atoms with E-state index in [1.807, 2.05) is 13.8 Å². The molecule has 0 radical (unpaired) electrons. The van der Waals surface area contributed by atoms with E-state index >= 15 is 0 Å². The standard InChI is InChI=1S/C9H10BrN3O/c1-5(2)7-3-8(14)12-9-6(10)4-11-13(7)9/h3-5H,1-2H3,(H,12,14). The molecule has 2 aromatic rings. The summed E-state index contributed by atoms with van der Waals surface area (Å²) in [6, 6.07) is 1.58. The number of hydrogen-bond donors (Lipinski definition) is 1. The number of rotatable bonds is 1. The van der Waals surface area contributed by atoms with Crippen LogP contribution in [0, 0.1) is 0 Å². The summed E-state index contributed by atoms with van der Waals surface area (Å²) in [5.41, 5.74) is 1.53. The lowest BCUT2D eigenvalue weighted by atomic mass is 10.1. The zero-order chi connectivity index (χ0) is 10.3. The molecule has 4 nitrogen and oxygen atoms in total. The Morgan fingerprint density at radius 3 is 2.93 bits per heavy atom. The van der Waals surface area contributed by atoms with Gasteiger partial charge in [0.1, 0.15) is 0 Å². The van der Waals surface area contributed by atoms with Crippen LogP contribution in [0.1, 0.15) is 25.5 Å². The molecular formula is C9H10BrN3O. The summed E-state index contributed by atoms with van der Waals surface area (Å²) in [7, 11) is 0. The molecule has 0 atom stereocenters. The Labute approximate surface area is 89.1 Å². The molecule has 2 rings (SSSR count). The average molecular weight is 256 g/mol. The maximum absolute atomic E-state index is 11.3. The minimum Gasteiger partial charge on any atom is -0.306 e. The number of fused-ring (bicyclic) bond motifs is 1. The van der Waals surface area contributed by atoms with Crippen molar-refractivity contribution in [2.75, 3.05) is 0 Å². The van der Waals surface area contributed by atoms with E-state index in [0.29, 0.717) is 5.65 Å². The average Bonchev–Trinajstić information content (AvgIpc) is 2.47. The fourth-order valence-corrected chi connectivity index (χ4v) is 1.76. The van der Waals surface area contributed by atoms with Gasteiger partial charge in [0.15, 0.2) is 5.65 Å². The Hall–Kier alpha value is -1.10. The molecule has 0 amide bonds. The Bertz CT molecular complexity index is 526. The van der Waals surface area contributed by atoms with Crippen molar-refractivity contribution < 1.29 is 0 Å². The van der Waals surface area contributed by atoms with Crippen LogP contribution in [0.4, 0.5) is 0 Å². The molecular weight excluding hydrogens is 246 g/mol. The highest BCUT2D eigenvalue weighted by Gasteiger charge is 2.09. The predicted octanol–water partition coefficient (Wildman–Crippen LogP) is 1.91. The van der Waals surface area contributed by atoms with Gasteiger partial charge in [0.2, 0.25) is 0 Å². The summed E-state index contributed by atoms with van der Waals surface area (Å²) >= 11 is 3.33. The van der Waals surface area contributed by atoms with Gasteiger partial charge in [-0.2, -0.15) is 5.10 Å². The van der Waals surface area contributed by atoms with E-state index in [4.69, 9.17) is 0 Å². The number of aromatic amines is 1. The van der Waals surface area contributed by atoms with Gasteiger partial charge in [-0.1, -0.05) is 13.8 Å². The molecule has 0 bridgehead atoms. The van der Waals surface area contributed by atoms with E-state index in [1.54, 1.807) is 16.8 Å². The quantitative estimate of drug-likeness (QED) is 0.847. The van der Waals surface area contributed by atoms with Crippen LogP contribution in [0.25, 0.3) is 5.65 Å². The molecule has 0 aliphatic rings. The third kappa shape index (κ3) is 1.37. The fourth-order valence-electron chi connectivity index (χ4n) is 1.40. The molecule has 14 heavy (non-hydrogen) atoms. The first-order valence-electron chi connectivity index (χ1n) is 4.36. The zero-order valence-corrected chi connectivity index (χ0v) is 9.50. The van der Waals surface area contributed by atoms with Crippen molar-refractivity contribution in [3.05, 3.63) is 32.8 Å². The minimum atomic E-state index is -0.0950. The highest BCUT2D eigenvalue weighted by Crippen LogP contribution is 2.18. The number of halogens is 1. The van der Waals surface area contributed by atoms with Gasteiger partial charge in [-0.05, 0) is 21.8 Å². The summed E-state index contributed by atoms with van der Waals surface area (Å²) in [4.78, 5) is 14.1. The summed E-state index contributed by atoms with van der Waals surface area (Å²) < 4.78 is 2.55. The maximum atomic E-state index is 11.3. The van der Waals surface area contributed by atoms with Gasteiger partial charge in [-0.15, -0.1) is 0 Å². The van der Waals surface area contributed by atoms with Crippen LogP contribution in [-0.4, -0.2) is 14.6 Å². The summed E-state index contributed by atoms with van der Waals surface area (Å²) in [5.74, 6) is 0.270. The topological polar surface area (TPSA) is 50.2 Å². The number of aromatic nitrogens is 3. The van der Waals surface area contributed by atoms with Crippen LogP contribution in [0.2, 0.25) is 0 Å². The summed E-state index contributed by atoms with van der Waals surface area (Å²) in [6.45, 7) is 4.06. The number of nitrogens with one attached hydrogen (secondary N) is 1. The summed E-state index contributed by atoms with van der Waals surface area (Å²) in [6.07, 6.45) is 1.68. The first-order valence-corrected chi connectivity index (χ1v) is 5.15. The van der Waals surface area contributed by atoms with Crippen LogP contribution in [0.3, 0.4) is 0 Å². The lowest BCUT2D eigenvalue weighted by molar-refractivity contribution is 0.745. The fraction of sp³-hybridized carbons (Fsp3) is 0.333. The molecule has 0 saturated heterocycles. The van der Waals surface area contributed by atoms with Gasteiger partial charge in [-0.25, -0.2) is 4.52 Å². The molecule has 74 valence electrons. The molecule has 2 aromatic heterocycles. The predicted molar refractivity (Wildman–Crippen MR) is 57.6 cm³/mol. The van der Waals surface area contributed by atoms with E-state index in [2.05, 4.69) is 26.0 Å². The highest BCUT2D eigenvalue weighted by molar-refractivity contribution is 9.10. The molecule has 1 N–H and O–H groups in total. The van der Waals surface area contributed by atoms with Crippen molar-refractivity contribution in [3.63, 3.8) is 0 Å². The molecule has 0 aromatic carbocycles.